The minimum absolute atomic E-state index is 0. The van der Waals surface area contributed by atoms with Crippen LogP contribution in [0.1, 0.15) is 20.3 Å². The third kappa shape index (κ3) is 5.20. The number of piperazine rings is 1. The number of carbonyl (C=O) groups excluding carboxylic acids is 1. The van der Waals surface area contributed by atoms with Gasteiger partial charge in [-0.1, -0.05) is 6.92 Å². The largest absolute Gasteiger partial charge is 0.355 e. The van der Waals surface area contributed by atoms with Gasteiger partial charge in [0.15, 0.2) is 0 Å². The second-order valence-corrected chi connectivity index (χ2v) is 6.24. The highest BCUT2D eigenvalue weighted by Crippen LogP contribution is 2.26. The van der Waals surface area contributed by atoms with Gasteiger partial charge in [0, 0.05) is 45.8 Å². The van der Waals surface area contributed by atoms with E-state index in [0.29, 0.717) is 12.0 Å². The molecular formula is C14H29ClN4O. The molecule has 0 aromatic carbocycles. The standard InChI is InChI=1S/C14H28N4O.ClH/c1-3-16-13(19)10-17-6-8-18(9-7-17)12-14(2)4-5-15-11-14;/h15H,3-12H2,1-2H3,(H,16,19);1H. The van der Waals surface area contributed by atoms with Crippen molar-refractivity contribution in [2.75, 3.05) is 58.9 Å². The summed E-state index contributed by atoms with van der Waals surface area (Å²) in [5.74, 6) is 0.155. The summed E-state index contributed by atoms with van der Waals surface area (Å²) in [5.41, 5.74) is 0.446. The summed E-state index contributed by atoms with van der Waals surface area (Å²) in [4.78, 5) is 16.4. The van der Waals surface area contributed by atoms with Crippen LogP contribution in [-0.4, -0.2) is 74.6 Å². The van der Waals surface area contributed by atoms with Crippen LogP contribution in [0.5, 0.6) is 0 Å². The molecule has 2 N–H and O–H groups in total. The van der Waals surface area contributed by atoms with Crippen LogP contribution in [0, 0.1) is 5.41 Å². The van der Waals surface area contributed by atoms with Gasteiger partial charge in [-0.3, -0.25) is 9.69 Å². The van der Waals surface area contributed by atoms with Gasteiger partial charge in [0.2, 0.25) is 5.91 Å². The minimum Gasteiger partial charge on any atom is -0.355 e. The fraction of sp³-hybridized carbons (Fsp3) is 0.929. The minimum atomic E-state index is 0. The molecule has 5 nitrogen and oxygen atoms in total. The van der Waals surface area contributed by atoms with E-state index < -0.39 is 0 Å². The molecule has 0 aromatic rings. The molecule has 1 amide bonds. The molecule has 2 saturated heterocycles. The highest BCUT2D eigenvalue weighted by Gasteiger charge is 2.31. The van der Waals surface area contributed by atoms with E-state index in [2.05, 4.69) is 27.4 Å². The van der Waals surface area contributed by atoms with Gasteiger partial charge in [0.1, 0.15) is 0 Å². The molecular weight excluding hydrogens is 276 g/mol. The van der Waals surface area contributed by atoms with Crippen molar-refractivity contribution in [3.63, 3.8) is 0 Å². The molecule has 0 radical (unpaired) electrons. The lowest BCUT2D eigenvalue weighted by Crippen LogP contribution is -2.51. The van der Waals surface area contributed by atoms with Crippen LogP contribution in [0.2, 0.25) is 0 Å². The molecule has 2 rings (SSSR count). The predicted octanol–water partition coefficient (Wildman–Crippen LogP) is 0.162. The van der Waals surface area contributed by atoms with Crippen molar-refractivity contribution in [3.05, 3.63) is 0 Å². The van der Waals surface area contributed by atoms with E-state index in [-0.39, 0.29) is 18.3 Å². The third-order valence-corrected chi connectivity index (χ3v) is 4.27. The van der Waals surface area contributed by atoms with Crippen LogP contribution >= 0.6 is 12.4 Å². The topological polar surface area (TPSA) is 47.6 Å². The average molecular weight is 305 g/mol. The molecule has 6 heteroatoms. The quantitative estimate of drug-likeness (QED) is 0.760. The Labute approximate surface area is 128 Å². The molecule has 2 aliphatic rings. The van der Waals surface area contributed by atoms with E-state index in [1.807, 2.05) is 6.92 Å². The number of carbonyl (C=O) groups is 1. The van der Waals surface area contributed by atoms with E-state index in [4.69, 9.17) is 0 Å². The summed E-state index contributed by atoms with van der Waals surface area (Å²) in [6.45, 7) is 13.3. The Hall–Kier alpha value is -0.360. The number of likely N-dealkylation sites (N-methyl/N-ethyl adjacent to an activating group) is 1. The molecule has 1 unspecified atom stereocenters. The molecule has 0 spiro atoms. The molecule has 2 aliphatic heterocycles. The van der Waals surface area contributed by atoms with Crippen molar-refractivity contribution in [2.45, 2.75) is 20.3 Å². The van der Waals surface area contributed by atoms with Gasteiger partial charge in [-0.2, -0.15) is 0 Å². The maximum atomic E-state index is 11.5. The lowest BCUT2D eigenvalue weighted by molar-refractivity contribution is -0.122. The molecule has 0 aliphatic carbocycles. The van der Waals surface area contributed by atoms with E-state index >= 15 is 0 Å². The van der Waals surface area contributed by atoms with E-state index in [0.717, 1.165) is 45.8 Å². The fourth-order valence-corrected chi connectivity index (χ4v) is 3.11. The van der Waals surface area contributed by atoms with Crippen molar-refractivity contribution >= 4 is 18.3 Å². The van der Waals surface area contributed by atoms with Crippen molar-refractivity contribution in [2.24, 2.45) is 5.41 Å². The monoisotopic (exact) mass is 304 g/mol. The predicted molar refractivity (Wildman–Crippen MR) is 84.4 cm³/mol. The normalized spacial score (nSPS) is 28.1. The Morgan fingerprint density at radius 2 is 1.90 bits per heavy atom. The molecule has 0 saturated carbocycles. The molecule has 0 bridgehead atoms. The first-order chi connectivity index (χ1) is 9.11. The number of nitrogens with one attached hydrogen (secondary N) is 2. The van der Waals surface area contributed by atoms with Gasteiger partial charge < -0.3 is 15.5 Å². The Morgan fingerprint density at radius 1 is 1.25 bits per heavy atom. The van der Waals surface area contributed by atoms with Crippen molar-refractivity contribution in [1.29, 1.82) is 0 Å². The van der Waals surface area contributed by atoms with Crippen molar-refractivity contribution in [1.82, 2.24) is 20.4 Å². The molecule has 0 aromatic heterocycles. The zero-order valence-electron chi connectivity index (χ0n) is 12.8. The van der Waals surface area contributed by atoms with E-state index in [1.165, 1.54) is 13.0 Å². The summed E-state index contributed by atoms with van der Waals surface area (Å²) in [6.07, 6.45) is 1.28. The lowest BCUT2D eigenvalue weighted by atomic mass is 9.89. The Bertz CT molecular complexity index is 300. The molecule has 2 heterocycles. The fourth-order valence-electron chi connectivity index (χ4n) is 3.11. The third-order valence-electron chi connectivity index (χ3n) is 4.27. The second kappa shape index (κ2) is 8.17. The Kier molecular flexibility index (Phi) is 7.23. The van der Waals surface area contributed by atoms with Crippen LogP contribution in [0.3, 0.4) is 0 Å². The molecule has 118 valence electrons. The number of rotatable bonds is 5. The summed E-state index contributed by atoms with van der Waals surface area (Å²) in [7, 11) is 0. The lowest BCUT2D eigenvalue weighted by Gasteiger charge is -2.38. The first kappa shape index (κ1) is 17.7. The van der Waals surface area contributed by atoms with Gasteiger partial charge in [0.05, 0.1) is 6.54 Å². The maximum absolute atomic E-state index is 11.5. The van der Waals surface area contributed by atoms with Crippen LogP contribution in [-0.2, 0) is 4.79 Å². The Morgan fingerprint density at radius 3 is 2.45 bits per heavy atom. The molecule has 20 heavy (non-hydrogen) atoms. The molecule has 1 atom stereocenters. The smallest absolute Gasteiger partial charge is 0.234 e. The number of hydrogen-bond donors (Lipinski definition) is 2. The second-order valence-electron chi connectivity index (χ2n) is 6.24. The number of halogens is 1. The SMILES string of the molecule is CCNC(=O)CN1CCN(CC2(C)CCNC2)CC1.Cl. The average Bonchev–Trinajstić information content (AvgIpc) is 2.79. The highest BCUT2D eigenvalue weighted by molar-refractivity contribution is 5.85. The van der Waals surface area contributed by atoms with Gasteiger partial charge in [-0.05, 0) is 25.3 Å². The number of amides is 1. The van der Waals surface area contributed by atoms with Gasteiger partial charge in [-0.15, -0.1) is 12.4 Å². The van der Waals surface area contributed by atoms with Crippen molar-refractivity contribution < 1.29 is 4.79 Å². The summed E-state index contributed by atoms with van der Waals surface area (Å²) < 4.78 is 0. The maximum Gasteiger partial charge on any atom is 0.234 e. The number of hydrogen-bond acceptors (Lipinski definition) is 4. The van der Waals surface area contributed by atoms with Crippen LogP contribution < -0.4 is 10.6 Å². The van der Waals surface area contributed by atoms with Crippen molar-refractivity contribution in [3.8, 4) is 0 Å². The van der Waals surface area contributed by atoms with Crippen LogP contribution in [0.4, 0.5) is 0 Å². The Balaban J connectivity index is 0.00000200. The van der Waals surface area contributed by atoms with Gasteiger partial charge >= 0.3 is 0 Å². The first-order valence-corrected chi connectivity index (χ1v) is 7.53. The van der Waals surface area contributed by atoms with Gasteiger partial charge in [-0.25, -0.2) is 0 Å². The first-order valence-electron chi connectivity index (χ1n) is 7.53. The van der Waals surface area contributed by atoms with Crippen LogP contribution in [0.25, 0.3) is 0 Å². The summed E-state index contributed by atoms with van der Waals surface area (Å²) >= 11 is 0. The van der Waals surface area contributed by atoms with Crippen LogP contribution in [0.15, 0.2) is 0 Å². The summed E-state index contributed by atoms with van der Waals surface area (Å²) in [5, 5.41) is 6.33. The highest BCUT2D eigenvalue weighted by atomic mass is 35.5. The number of nitrogens with zero attached hydrogens (tertiary/aromatic N) is 2. The van der Waals surface area contributed by atoms with E-state index in [1.54, 1.807) is 0 Å². The molecule has 2 fully saturated rings. The van der Waals surface area contributed by atoms with Gasteiger partial charge in [0.25, 0.3) is 0 Å². The summed E-state index contributed by atoms with van der Waals surface area (Å²) in [6, 6.07) is 0. The zero-order chi connectivity index (χ0) is 13.7. The zero-order valence-corrected chi connectivity index (χ0v) is 13.6. The van der Waals surface area contributed by atoms with E-state index in [9.17, 15) is 4.79 Å².